The summed E-state index contributed by atoms with van der Waals surface area (Å²) in [7, 11) is -3.61. The van der Waals surface area contributed by atoms with Gasteiger partial charge in [-0.1, -0.05) is 12.1 Å². The van der Waals surface area contributed by atoms with Gasteiger partial charge in [0.25, 0.3) is 5.91 Å². The Labute approximate surface area is 154 Å². The Kier molecular flexibility index (Phi) is 6.05. The van der Waals surface area contributed by atoms with Gasteiger partial charge in [0.2, 0.25) is 10.0 Å². The van der Waals surface area contributed by atoms with Crippen LogP contribution in [0.15, 0.2) is 53.4 Å². The van der Waals surface area contributed by atoms with Crippen LogP contribution in [0.4, 0.5) is 5.69 Å². The van der Waals surface area contributed by atoms with Crippen molar-refractivity contribution in [1.82, 2.24) is 4.72 Å². The predicted octanol–water partition coefficient (Wildman–Crippen LogP) is 3.41. The molecule has 0 heterocycles. The van der Waals surface area contributed by atoms with Crippen LogP contribution in [-0.4, -0.2) is 26.5 Å². The van der Waals surface area contributed by atoms with Crippen LogP contribution in [-0.2, 0) is 10.0 Å². The smallest absolute Gasteiger partial charge is 0.259 e. The van der Waals surface area contributed by atoms with E-state index in [9.17, 15) is 13.2 Å². The summed E-state index contributed by atoms with van der Waals surface area (Å²) in [5, 5.41) is 2.75. The Morgan fingerprint density at radius 1 is 1.04 bits per heavy atom. The maximum absolute atomic E-state index is 12.5. The van der Waals surface area contributed by atoms with Gasteiger partial charge in [-0.25, -0.2) is 13.1 Å². The Morgan fingerprint density at radius 3 is 2.23 bits per heavy atom. The van der Waals surface area contributed by atoms with Crippen LogP contribution in [0.1, 0.15) is 38.1 Å². The van der Waals surface area contributed by atoms with Crippen molar-refractivity contribution in [3.05, 3.63) is 54.1 Å². The summed E-state index contributed by atoms with van der Waals surface area (Å²) in [5.41, 5.74) is 0.339. The van der Waals surface area contributed by atoms with Crippen molar-refractivity contribution < 1.29 is 17.9 Å². The number of rotatable bonds is 6. The maximum atomic E-state index is 12.5. The van der Waals surface area contributed by atoms with E-state index in [0.29, 0.717) is 23.6 Å². The van der Waals surface area contributed by atoms with Gasteiger partial charge < -0.3 is 10.1 Å². The number of hydrogen-bond donors (Lipinski definition) is 2. The fraction of sp³-hybridized carbons (Fsp3) is 0.316. The van der Waals surface area contributed by atoms with Crippen molar-refractivity contribution in [1.29, 1.82) is 0 Å². The van der Waals surface area contributed by atoms with Gasteiger partial charge in [0, 0.05) is 11.2 Å². The number of carbonyl (C=O) groups excluding carboxylic acids is 1. The minimum atomic E-state index is -3.61. The molecule has 7 heteroatoms. The number of sulfonamides is 1. The van der Waals surface area contributed by atoms with Gasteiger partial charge >= 0.3 is 0 Å². The topological polar surface area (TPSA) is 84.5 Å². The molecule has 140 valence electrons. The van der Waals surface area contributed by atoms with Crippen molar-refractivity contribution in [2.75, 3.05) is 11.9 Å². The Bertz CT molecular complexity index is 869. The van der Waals surface area contributed by atoms with E-state index >= 15 is 0 Å². The molecule has 0 aliphatic rings. The molecule has 0 aliphatic heterocycles. The molecule has 0 aliphatic carbocycles. The highest BCUT2D eigenvalue weighted by molar-refractivity contribution is 7.89. The zero-order chi connectivity index (χ0) is 19.4. The summed E-state index contributed by atoms with van der Waals surface area (Å²) in [6, 6.07) is 13.0. The molecule has 6 nitrogen and oxygen atoms in total. The van der Waals surface area contributed by atoms with Crippen molar-refractivity contribution in [3.8, 4) is 5.75 Å². The molecule has 0 aromatic heterocycles. The molecule has 0 bridgehead atoms. The molecular formula is C19H24N2O4S. The summed E-state index contributed by atoms with van der Waals surface area (Å²) >= 11 is 0. The molecule has 0 fully saturated rings. The van der Waals surface area contributed by atoms with Crippen LogP contribution in [0.2, 0.25) is 0 Å². The third-order valence-electron chi connectivity index (χ3n) is 3.29. The average Bonchev–Trinajstić information content (AvgIpc) is 2.54. The molecule has 0 unspecified atom stereocenters. The van der Waals surface area contributed by atoms with E-state index in [1.165, 1.54) is 12.1 Å². The van der Waals surface area contributed by atoms with Gasteiger partial charge in [-0.2, -0.15) is 0 Å². The number of ether oxygens (including phenoxy) is 1. The van der Waals surface area contributed by atoms with E-state index in [2.05, 4.69) is 10.0 Å². The number of anilines is 1. The molecule has 0 spiro atoms. The van der Waals surface area contributed by atoms with Crippen molar-refractivity contribution in [2.24, 2.45) is 0 Å². The molecule has 2 aromatic carbocycles. The molecule has 0 saturated heterocycles. The second kappa shape index (κ2) is 7.88. The van der Waals surface area contributed by atoms with Gasteiger partial charge in [-0.05, 0) is 64.1 Å². The van der Waals surface area contributed by atoms with Gasteiger partial charge in [-0.15, -0.1) is 0 Å². The highest BCUT2D eigenvalue weighted by Crippen LogP contribution is 2.21. The second-order valence-corrected chi connectivity index (χ2v) is 8.45. The van der Waals surface area contributed by atoms with Crippen LogP contribution in [0, 0.1) is 0 Å². The number of amides is 1. The summed E-state index contributed by atoms with van der Waals surface area (Å²) in [4.78, 5) is 12.6. The van der Waals surface area contributed by atoms with Crippen LogP contribution >= 0.6 is 0 Å². The molecule has 0 atom stereocenters. The van der Waals surface area contributed by atoms with Crippen LogP contribution in [0.25, 0.3) is 0 Å². The fourth-order valence-electron chi connectivity index (χ4n) is 2.31. The molecule has 0 saturated carbocycles. The number of benzene rings is 2. The third-order valence-corrected chi connectivity index (χ3v) is 5.07. The number of nitrogens with one attached hydrogen (secondary N) is 2. The monoisotopic (exact) mass is 376 g/mol. The first-order valence-electron chi connectivity index (χ1n) is 8.29. The van der Waals surface area contributed by atoms with Gasteiger partial charge in [0.15, 0.2) is 0 Å². The Hall–Kier alpha value is -2.38. The Morgan fingerprint density at radius 2 is 1.65 bits per heavy atom. The maximum Gasteiger partial charge on any atom is 0.259 e. The first-order chi connectivity index (χ1) is 12.1. The van der Waals surface area contributed by atoms with Gasteiger partial charge in [0.05, 0.1) is 17.1 Å². The zero-order valence-electron chi connectivity index (χ0n) is 15.4. The van der Waals surface area contributed by atoms with E-state index in [0.717, 1.165) is 0 Å². The lowest BCUT2D eigenvalue weighted by Gasteiger charge is -2.20. The first kappa shape index (κ1) is 19.9. The molecule has 1 amide bonds. The van der Waals surface area contributed by atoms with Crippen LogP contribution in [0.3, 0.4) is 0 Å². The lowest BCUT2D eigenvalue weighted by molar-refractivity contribution is 0.102. The summed E-state index contributed by atoms with van der Waals surface area (Å²) in [6.45, 7) is 7.62. The van der Waals surface area contributed by atoms with Crippen molar-refractivity contribution in [3.63, 3.8) is 0 Å². The van der Waals surface area contributed by atoms with E-state index in [1.54, 1.807) is 57.2 Å². The molecular weight excluding hydrogens is 352 g/mol. The normalized spacial score (nSPS) is 11.8. The average molecular weight is 376 g/mol. The number of hydrogen-bond acceptors (Lipinski definition) is 4. The predicted molar refractivity (Wildman–Crippen MR) is 102 cm³/mol. The number of para-hydroxylation sites is 1. The van der Waals surface area contributed by atoms with Gasteiger partial charge in [-0.3, -0.25) is 4.79 Å². The van der Waals surface area contributed by atoms with E-state index in [4.69, 9.17) is 4.74 Å². The quantitative estimate of drug-likeness (QED) is 0.809. The molecule has 2 rings (SSSR count). The van der Waals surface area contributed by atoms with Crippen LogP contribution in [0.5, 0.6) is 5.75 Å². The minimum absolute atomic E-state index is 0.139. The summed E-state index contributed by atoms with van der Waals surface area (Å²) < 4.78 is 32.7. The fourth-order valence-corrected chi connectivity index (χ4v) is 3.73. The largest absolute Gasteiger partial charge is 0.493 e. The minimum Gasteiger partial charge on any atom is -0.493 e. The Balaban J connectivity index is 2.16. The highest BCUT2D eigenvalue weighted by atomic mass is 32.2. The summed E-state index contributed by atoms with van der Waals surface area (Å²) in [6.07, 6.45) is 0. The van der Waals surface area contributed by atoms with Crippen molar-refractivity contribution in [2.45, 2.75) is 38.1 Å². The van der Waals surface area contributed by atoms with Crippen molar-refractivity contribution >= 4 is 21.6 Å². The molecule has 0 radical (unpaired) electrons. The molecule has 2 N–H and O–H groups in total. The SMILES string of the molecule is CCOc1ccccc1C(=O)Nc1ccc(S(=O)(=O)NC(C)(C)C)cc1. The standard InChI is InChI=1S/C19H24N2O4S/c1-5-25-17-9-7-6-8-16(17)18(22)20-14-10-12-15(13-11-14)26(23,24)21-19(2,3)4/h6-13,21H,5H2,1-4H3,(H,20,22). The van der Waals surface area contributed by atoms with Gasteiger partial charge in [0.1, 0.15) is 5.75 Å². The second-order valence-electron chi connectivity index (χ2n) is 6.76. The lowest BCUT2D eigenvalue weighted by Crippen LogP contribution is -2.40. The van der Waals surface area contributed by atoms with E-state index in [-0.39, 0.29) is 10.8 Å². The first-order valence-corrected chi connectivity index (χ1v) is 9.78. The molecule has 2 aromatic rings. The van der Waals surface area contributed by atoms with E-state index in [1.807, 2.05) is 6.92 Å². The third kappa shape index (κ3) is 5.31. The lowest BCUT2D eigenvalue weighted by atomic mass is 10.1. The molecule has 26 heavy (non-hydrogen) atoms. The van der Waals surface area contributed by atoms with Crippen LogP contribution < -0.4 is 14.8 Å². The highest BCUT2D eigenvalue weighted by Gasteiger charge is 2.22. The summed E-state index contributed by atoms with van der Waals surface area (Å²) in [5.74, 6) is 0.179. The van der Waals surface area contributed by atoms with E-state index < -0.39 is 15.6 Å². The zero-order valence-corrected chi connectivity index (χ0v) is 16.2. The number of carbonyl (C=O) groups is 1.